The second-order valence-electron chi connectivity index (χ2n) is 8.17. The van der Waals surface area contributed by atoms with Crippen LogP contribution in [0.25, 0.3) is 0 Å². The molecular formula is C23H38N4O2. The lowest BCUT2D eigenvalue weighted by molar-refractivity contribution is 0.0468. The molecule has 2 fully saturated rings. The topological polar surface area (TPSA) is 58.1 Å². The number of hydrogen-bond donors (Lipinski definition) is 2. The van der Waals surface area contributed by atoms with Gasteiger partial charge in [0, 0.05) is 45.0 Å². The number of nitrogens with zero attached hydrogens (tertiary/aromatic N) is 2. The highest BCUT2D eigenvalue weighted by Gasteiger charge is 2.23. The lowest BCUT2D eigenvalue weighted by Gasteiger charge is -2.20. The van der Waals surface area contributed by atoms with Crippen molar-refractivity contribution in [2.24, 2.45) is 10.9 Å². The maximum atomic E-state index is 6.06. The molecule has 0 radical (unpaired) electrons. The van der Waals surface area contributed by atoms with Crippen LogP contribution in [0.1, 0.15) is 44.9 Å². The van der Waals surface area contributed by atoms with E-state index in [1.54, 1.807) is 7.11 Å². The van der Waals surface area contributed by atoms with Gasteiger partial charge in [-0.05, 0) is 37.3 Å². The molecule has 0 spiro atoms. The summed E-state index contributed by atoms with van der Waals surface area (Å²) in [5.74, 6) is 2.40. The van der Waals surface area contributed by atoms with E-state index in [2.05, 4.69) is 38.7 Å². The van der Waals surface area contributed by atoms with E-state index in [0.717, 1.165) is 44.5 Å². The highest BCUT2D eigenvalue weighted by atomic mass is 16.5. The molecule has 1 atom stereocenters. The SMILES string of the molecule is CN=C(NCCOC1CCCCCC1)NCC1CCN(c2cccc(OC)c2)C1. The van der Waals surface area contributed by atoms with Crippen molar-refractivity contribution in [3.8, 4) is 5.75 Å². The Morgan fingerprint density at radius 3 is 2.72 bits per heavy atom. The second kappa shape index (κ2) is 11.9. The van der Waals surface area contributed by atoms with E-state index in [0.29, 0.717) is 12.0 Å². The summed E-state index contributed by atoms with van der Waals surface area (Å²) in [6.07, 6.45) is 9.44. The normalized spacial score (nSPS) is 21.1. The Kier molecular flexibility index (Phi) is 8.93. The van der Waals surface area contributed by atoms with Crippen molar-refractivity contribution in [3.05, 3.63) is 24.3 Å². The van der Waals surface area contributed by atoms with E-state index in [1.807, 2.05) is 13.1 Å². The van der Waals surface area contributed by atoms with Gasteiger partial charge >= 0.3 is 0 Å². The van der Waals surface area contributed by atoms with Gasteiger partial charge in [0.2, 0.25) is 0 Å². The molecule has 1 aliphatic heterocycles. The van der Waals surface area contributed by atoms with Crippen LogP contribution in [0.15, 0.2) is 29.3 Å². The van der Waals surface area contributed by atoms with Gasteiger partial charge < -0.3 is 25.0 Å². The predicted molar refractivity (Wildman–Crippen MR) is 120 cm³/mol. The van der Waals surface area contributed by atoms with Crippen molar-refractivity contribution < 1.29 is 9.47 Å². The van der Waals surface area contributed by atoms with Gasteiger partial charge in [0.05, 0.1) is 19.8 Å². The minimum Gasteiger partial charge on any atom is -0.497 e. The van der Waals surface area contributed by atoms with Crippen molar-refractivity contribution in [2.45, 2.75) is 51.0 Å². The van der Waals surface area contributed by atoms with Crippen LogP contribution in [-0.2, 0) is 4.74 Å². The van der Waals surface area contributed by atoms with Crippen molar-refractivity contribution in [2.75, 3.05) is 51.8 Å². The van der Waals surface area contributed by atoms with Gasteiger partial charge in [-0.2, -0.15) is 0 Å². The fourth-order valence-corrected chi connectivity index (χ4v) is 4.31. The first-order chi connectivity index (χ1) is 14.3. The van der Waals surface area contributed by atoms with Crippen molar-refractivity contribution >= 4 is 11.6 Å². The first kappa shape index (κ1) is 21.8. The third-order valence-electron chi connectivity index (χ3n) is 6.04. The van der Waals surface area contributed by atoms with Crippen molar-refractivity contribution in [1.82, 2.24) is 10.6 Å². The largest absolute Gasteiger partial charge is 0.497 e. The minimum atomic E-state index is 0.454. The van der Waals surface area contributed by atoms with Gasteiger partial charge in [0.25, 0.3) is 0 Å². The molecule has 0 amide bonds. The molecule has 29 heavy (non-hydrogen) atoms. The molecule has 1 aromatic carbocycles. The Balaban J connectivity index is 1.33. The molecule has 1 aliphatic carbocycles. The number of anilines is 1. The highest BCUT2D eigenvalue weighted by Crippen LogP contribution is 2.26. The molecule has 162 valence electrons. The van der Waals surface area contributed by atoms with Crippen LogP contribution in [0.4, 0.5) is 5.69 Å². The number of guanidine groups is 1. The summed E-state index contributed by atoms with van der Waals surface area (Å²) < 4.78 is 11.4. The van der Waals surface area contributed by atoms with Crippen LogP contribution in [0.5, 0.6) is 5.75 Å². The maximum absolute atomic E-state index is 6.06. The third-order valence-corrected chi connectivity index (χ3v) is 6.04. The van der Waals surface area contributed by atoms with Gasteiger partial charge in [-0.15, -0.1) is 0 Å². The lowest BCUT2D eigenvalue weighted by atomic mass is 10.1. The van der Waals surface area contributed by atoms with Gasteiger partial charge in [-0.25, -0.2) is 0 Å². The zero-order chi connectivity index (χ0) is 20.3. The van der Waals surface area contributed by atoms with Gasteiger partial charge in [-0.3, -0.25) is 4.99 Å². The molecule has 0 aromatic heterocycles. The Morgan fingerprint density at radius 1 is 1.14 bits per heavy atom. The maximum Gasteiger partial charge on any atom is 0.191 e. The van der Waals surface area contributed by atoms with Crippen LogP contribution in [0.3, 0.4) is 0 Å². The number of aliphatic imine (C=N–C) groups is 1. The lowest BCUT2D eigenvalue weighted by Crippen LogP contribution is -2.41. The zero-order valence-electron chi connectivity index (χ0n) is 18.2. The predicted octanol–water partition coefficient (Wildman–Crippen LogP) is 3.43. The Morgan fingerprint density at radius 2 is 1.97 bits per heavy atom. The smallest absolute Gasteiger partial charge is 0.191 e. The van der Waals surface area contributed by atoms with E-state index < -0.39 is 0 Å². The standard InChI is InChI=1S/C23H38N4O2/c1-24-23(25-13-15-29-21-9-5-3-4-6-10-21)26-17-19-12-14-27(18-19)20-8-7-11-22(16-20)28-2/h7-8,11,16,19,21H,3-6,9-10,12-15,17-18H2,1-2H3,(H2,24,25,26). The summed E-state index contributed by atoms with van der Waals surface area (Å²) in [6, 6.07) is 8.33. The molecule has 1 unspecified atom stereocenters. The number of ether oxygens (including phenoxy) is 2. The van der Waals surface area contributed by atoms with Crippen molar-refractivity contribution in [1.29, 1.82) is 0 Å². The quantitative estimate of drug-likeness (QED) is 0.302. The second-order valence-corrected chi connectivity index (χ2v) is 8.17. The van der Waals surface area contributed by atoms with Crippen molar-refractivity contribution in [3.63, 3.8) is 0 Å². The molecule has 6 nitrogen and oxygen atoms in total. The Labute approximate surface area is 176 Å². The van der Waals surface area contributed by atoms with Gasteiger partial charge in [-0.1, -0.05) is 31.7 Å². The summed E-state index contributed by atoms with van der Waals surface area (Å²) in [5.41, 5.74) is 1.24. The summed E-state index contributed by atoms with van der Waals surface area (Å²) in [5, 5.41) is 6.88. The molecule has 1 aromatic rings. The van der Waals surface area contributed by atoms with Gasteiger partial charge in [0.15, 0.2) is 5.96 Å². The van der Waals surface area contributed by atoms with E-state index in [1.165, 1.54) is 50.6 Å². The monoisotopic (exact) mass is 402 g/mol. The average Bonchev–Trinajstić information content (AvgIpc) is 3.09. The molecule has 2 aliphatic rings. The molecule has 1 saturated carbocycles. The fourth-order valence-electron chi connectivity index (χ4n) is 4.31. The molecule has 1 heterocycles. The third kappa shape index (κ3) is 7.11. The van der Waals surface area contributed by atoms with Crippen LogP contribution in [-0.4, -0.2) is 59.0 Å². The number of nitrogens with one attached hydrogen (secondary N) is 2. The first-order valence-corrected chi connectivity index (χ1v) is 11.2. The summed E-state index contributed by atoms with van der Waals surface area (Å²) >= 11 is 0. The van der Waals surface area contributed by atoms with E-state index >= 15 is 0 Å². The average molecular weight is 403 g/mol. The zero-order valence-corrected chi connectivity index (χ0v) is 18.2. The van der Waals surface area contributed by atoms with Crippen LogP contribution < -0.4 is 20.3 Å². The summed E-state index contributed by atoms with van der Waals surface area (Å²) in [7, 11) is 3.55. The minimum absolute atomic E-state index is 0.454. The molecular weight excluding hydrogens is 364 g/mol. The van der Waals surface area contributed by atoms with Gasteiger partial charge in [0.1, 0.15) is 5.75 Å². The van der Waals surface area contributed by atoms with Crippen LogP contribution >= 0.6 is 0 Å². The van der Waals surface area contributed by atoms with Crippen LogP contribution in [0, 0.1) is 5.92 Å². The number of benzene rings is 1. The fraction of sp³-hybridized carbons (Fsp3) is 0.696. The van der Waals surface area contributed by atoms with E-state index in [-0.39, 0.29) is 0 Å². The summed E-state index contributed by atoms with van der Waals surface area (Å²) in [6.45, 7) is 4.63. The molecule has 6 heteroatoms. The molecule has 0 bridgehead atoms. The number of rotatable bonds is 8. The first-order valence-electron chi connectivity index (χ1n) is 11.2. The van der Waals surface area contributed by atoms with E-state index in [9.17, 15) is 0 Å². The molecule has 1 saturated heterocycles. The van der Waals surface area contributed by atoms with Crippen LogP contribution in [0.2, 0.25) is 0 Å². The summed E-state index contributed by atoms with van der Waals surface area (Å²) in [4.78, 5) is 6.79. The number of hydrogen-bond acceptors (Lipinski definition) is 4. The highest BCUT2D eigenvalue weighted by molar-refractivity contribution is 5.79. The Hall–Kier alpha value is -1.95. The Bertz CT molecular complexity index is 629. The van der Waals surface area contributed by atoms with E-state index in [4.69, 9.17) is 9.47 Å². The number of methoxy groups -OCH3 is 1. The molecule has 2 N–H and O–H groups in total. The molecule has 3 rings (SSSR count).